The second-order valence-electron chi connectivity index (χ2n) is 8.19. The Morgan fingerprint density at radius 2 is 1.78 bits per heavy atom. The number of ether oxygens (including phenoxy) is 3. The molecule has 4 rings (SSSR count). The van der Waals surface area contributed by atoms with Crippen LogP contribution in [0, 0.1) is 11.3 Å². The summed E-state index contributed by atoms with van der Waals surface area (Å²) in [6, 6.07) is 11.9. The Hall–Kier alpha value is -4.16. The van der Waals surface area contributed by atoms with E-state index < -0.39 is 11.8 Å². The number of methoxy groups -OCH3 is 3. The van der Waals surface area contributed by atoms with Crippen molar-refractivity contribution in [2.75, 3.05) is 21.3 Å². The van der Waals surface area contributed by atoms with E-state index in [1.165, 1.54) is 26.3 Å². The van der Waals surface area contributed by atoms with Gasteiger partial charge in [0.1, 0.15) is 5.82 Å². The lowest BCUT2D eigenvalue weighted by Crippen LogP contribution is -2.48. The molecule has 1 atom stereocenters. The van der Waals surface area contributed by atoms with Crippen molar-refractivity contribution in [2.24, 2.45) is 5.73 Å². The van der Waals surface area contributed by atoms with Crippen molar-refractivity contribution >= 4 is 23.3 Å². The van der Waals surface area contributed by atoms with Gasteiger partial charge in [0.25, 0.3) is 5.91 Å². The molecule has 0 saturated carbocycles. The van der Waals surface area contributed by atoms with E-state index in [1.54, 1.807) is 36.4 Å². The Morgan fingerprint density at radius 1 is 1.08 bits per heavy atom. The second-order valence-corrected chi connectivity index (χ2v) is 8.62. The van der Waals surface area contributed by atoms with Gasteiger partial charge in [-0.05, 0) is 43.2 Å². The second kappa shape index (κ2) is 10.2. The van der Waals surface area contributed by atoms with Crippen molar-refractivity contribution in [2.45, 2.75) is 25.2 Å². The molecule has 1 unspecified atom stereocenters. The molecule has 1 aliphatic heterocycles. The average Bonchev–Trinajstić information content (AvgIpc) is 2.89. The van der Waals surface area contributed by atoms with E-state index in [0.29, 0.717) is 63.9 Å². The zero-order chi connectivity index (χ0) is 26.0. The number of carbonyl (C=O) groups is 2. The predicted octanol–water partition coefficient (Wildman–Crippen LogP) is 3.81. The third-order valence-electron chi connectivity index (χ3n) is 6.28. The largest absolute Gasteiger partial charge is 0.493 e. The summed E-state index contributed by atoms with van der Waals surface area (Å²) in [5, 5.41) is 12.0. The third kappa shape index (κ3) is 4.20. The van der Waals surface area contributed by atoms with Crippen LogP contribution in [-0.4, -0.2) is 38.0 Å². The van der Waals surface area contributed by atoms with E-state index in [2.05, 4.69) is 11.5 Å². The highest BCUT2D eigenvalue weighted by atomic mass is 35.5. The molecule has 186 valence electrons. The highest BCUT2D eigenvalue weighted by Crippen LogP contribution is 2.50. The van der Waals surface area contributed by atoms with Gasteiger partial charge in [-0.2, -0.15) is 5.26 Å². The van der Waals surface area contributed by atoms with Gasteiger partial charge in [-0.25, -0.2) is 5.01 Å². The topological polar surface area (TPSA) is 127 Å². The molecule has 3 N–H and O–H groups in total. The SMILES string of the molecule is COc1ccc(C2C(C#N)=C(N)N(NC(=O)c3ccc(Cl)cc3)C3=C2C(=O)CCC3)c(OC)c1OC. The summed E-state index contributed by atoms with van der Waals surface area (Å²) in [4.78, 5) is 26.3. The number of amides is 1. The Bertz CT molecular complexity index is 1330. The summed E-state index contributed by atoms with van der Waals surface area (Å²) in [5.74, 6) is -0.289. The van der Waals surface area contributed by atoms with Gasteiger partial charge < -0.3 is 19.9 Å². The fraction of sp³-hybridized carbons (Fsp3) is 0.269. The zero-order valence-electron chi connectivity index (χ0n) is 20.1. The van der Waals surface area contributed by atoms with Crippen molar-refractivity contribution in [1.29, 1.82) is 5.26 Å². The monoisotopic (exact) mass is 508 g/mol. The quantitative estimate of drug-likeness (QED) is 0.603. The maximum Gasteiger partial charge on any atom is 0.270 e. The number of nitrogens with two attached hydrogens (primary N) is 1. The lowest BCUT2D eigenvalue weighted by atomic mass is 9.75. The lowest BCUT2D eigenvalue weighted by Gasteiger charge is -2.39. The number of halogens is 1. The van der Waals surface area contributed by atoms with E-state index in [4.69, 9.17) is 31.5 Å². The van der Waals surface area contributed by atoms with Gasteiger partial charge in [0.05, 0.1) is 38.9 Å². The fourth-order valence-electron chi connectivity index (χ4n) is 4.64. The number of rotatable bonds is 6. The first kappa shape index (κ1) is 24.9. The van der Waals surface area contributed by atoms with Crippen LogP contribution < -0.4 is 25.4 Å². The highest BCUT2D eigenvalue weighted by Gasteiger charge is 2.42. The normalized spacial score (nSPS) is 17.4. The van der Waals surface area contributed by atoms with E-state index in [9.17, 15) is 14.9 Å². The molecule has 36 heavy (non-hydrogen) atoms. The molecular formula is C26H25ClN4O5. The summed E-state index contributed by atoms with van der Waals surface area (Å²) >= 11 is 5.94. The van der Waals surface area contributed by atoms with Crippen molar-refractivity contribution in [3.63, 3.8) is 0 Å². The number of nitrogens with zero attached hydrogens (tertiary/aromatic N) is 2. The van der Waals surface area contributed by atoms with Gasteiger partial charge in [-0.15, -0.1) is 0 Å². The van der Waals surface area contributed by atoms with Crippen molar-refractivity contribution in [3.8, 4) is 23.3 Å². The minimum Gasteiger partial charge on any atom is -0.493 e. The van der Waals surface area contributed by atoms with E-state index in [1.807, 2.05) is 0 Å². The smallest absolute Gasteiger partial charge is 0.270 e. The van der Waals surface area contributed by atoms with Gasteiger partial charge in [0, 0.05) is 33.8 Å². The predicted molar refractivity (Wildman–Crippen MR) is 132 cm³/mol. The summed E-state index contributed by atoms with van der Waals surface area (Å²) in [6.07, 6.45) is 1.37. The van der Waals surface area contributed by atoms with Crippen LogP contribution in [0.5, 0.6) is 17.2 Å². The third-order valence-corrected chi connectivity index (χ3v) is 6.53. The van der Waals surface area contributed by atoms with Crippen molar-refractivity contribution in [1.82, 2.24) is 10.4 Å². The molecule has 0 bridgehead atoms. The maximum atomic E-state index is 13.3. The van der Waals surface area contributed by atoms with Crippen molar-refractivity contribution < 1.29 is 23.8 Å². The molecule has 2 aromatic carbocycles. The van der Waals surface area contributed by atoms with Gasteiger partial charge >= 0.3 is 0 Å². The number of hydrogen-bond donors (Lipinski definition) is 2. The molecule has 0 saturated heterocycles. The molecule has 2 aromatic rings. The van der Waals surface area contributed by atoms with Crippen molar-refractivity contribution in [3.05, 3.63) is 75.2 Å². The van der Waals surface area contributed by atoms with E-state index in [-0.39, 0.29) is 17.2 Å². The molecule has 10 heteroatoms. The maximum absolute atomic E-state index is 13.3. The molecule has 1 heterocycles. The van der Waals surface area contributed by atoms with Crippen LogP contribution in [0.15, 0.2) is 59.1 Å². The number of nitrogens with one attached hydrogen (secondary N) is 1. The number of nitriles is 1. The Labute approximate surface area is 213 Å². The Morgan fingerprint density at radius 3 is 2.39 bits per heavy atom. The summed E-state index contributed by atoms with van der Waals surface area (Å²) in [7, 11) is 4.45. The number of allylic oxidation sites excluding steroid dienone is 3. The number of benzene rings is 2. The first-order chi connectivity index (χ1) is 17.4. The van der Waals surface area contributed by atoms with Gasteiger partial charge in [-0.1, -0.05) is 17.7 Å². The van der Waals surface area contributed by atoms with Crippen LogP contribution in [-0.2, 0) is 4.79 Å². The number of carbonyl (C=O) groups excluding carboxylic acids is 2. The standard InChI is InChI=1S/C26H25ClN4O5/c1-34-20-12-11-16(23(35-2)24(20)36-3)21-17(13-28)25(29)31(18-5-4-6-19(32)22(18)21)30-26(33)14-7-9-15(27)10-8-14/h7-12,21H,4-6,29H2,1-3H3,(H,30,33). The van der Waals surface area contributed by atoms with E-state index in [0.717, 1.165) is 0 Å². The van der Waals surface area contributed by atoms with Gasteiger partial charge in [-0.3, -0.25) is 15.0 Å². The average molecular weight is 509 g/mol. The number of Topliss-reactive ketones (excluding diaryl/α,β-unsaturated/α-hetero) is 1. The van der Waals surface area contributed by atoms with Crippen LogP contribution in [0.1, 0.15) is 41.1 Å². The zero-order valence-corrected chi connectivity index (χ0v) is 20.8. The fourth-order valence-corrected chi connectivity index (χ4v) is 4.77. The number of hydrazine groups is 1. The molecule has 0 aromatic heterocycles. The molecule has 9 nitrogen and oxygen atoms in total. The van der Waals surface area contributed by atoms with Crippen LogP contribution in [0.3, 0.4) is 0 Å². The van der Waals surface area contributed by atoms with Gasteiger partial charge in [0.2, 0.25) is 5.75 Å². The van der Waals surface area contributed by atoms with Crippen LogP contribution in [0.4, 0.5) is 0 Å². The molecular weight excluding hydrogens is 484 g/mol. The number of hydrogen-bond acceptors (Lipinski definition) is 8. The number of ketones is 1. The summed E-state index contributed by atoms with van der Waals surface area (Å²) in [5.41, 5.74) is 11.1. The first-order valence-corrected chi connectivity index (χ1v) is 11.6. The highest BCUT2D eigenvalue weighted by molar-refractivity contribution is 6.30. The molecule has 1 aliphatic carbocycles. The first-order valence-electron chi connectivity index (χ1n) is 11.2. The van der Waals surface area contributed by atoms with Crippen LogP contribution >= 0.6 is 11.6 Å². The lowest BCUT2D eigenvalue weighted by molar-refractivity contribution is -0.116. The summed E-state index contributed by atoms with van der Waals surface area (Å²) < 4.78 is 16.6. The van der Waals surface area contributed by atoms with E-state index >= 15 is 0 Å². The molecule has 0 radical (unpaired) electrons. The van der Waals surface area contributed by atoms with Crippen LogP contribution in [0.25, 0.3) is 0 Å². The van der Waals surface area contributed by atoms with Crippen LogP contribution in [0.2, 0.25) is 5.02 Å². The molecule has 0 fully saturated rings. The minimum atomic E-state index is -0.809. The van der Waals surface area contributed by atoms with Gasteiger partial charge in [0.15, 0.2) is 17.3 Å². The Balaban J connectivity index is 1.88. The summed E-state index contributed by atoms with van der Waals surface area (Å²) in [6.45, 7) is 0. The molecule has 0 spiro atoms. The molecule has 1 amide bonds. The molecule has 2 aliphatic rings. The Kier molecular flexibility index (Phi) is 7.08. The minimum absolute atomic E-state index is 0.0232.